The second-order valence-corrected chi connectivity index (χ2v) is 7.76. The lowest BCUT2D eigenvalue weighted by Gasteiger charge is -2.33. The van der Waals surface area contributed by atoms with Crippen molar-refractivity contribution in [3.05, 3.63) is 29.8 Å². The minimum atomic E-state index is -4.79. The van der Waals surface area contributed by atoms with E-state index >= 15 is 0 Å². The minimum absolute atomic E-state index is 0.0694. The average Bonchev–Trinajstić information content (AvgIpc) is 2.54. The van der Waals surface area contributed by atoms with Crippen LogP contribution in [0.5, 0.6) is 0 Å². The van der Waals surface area contributed by atoms with Crippen molar-refractivity contribution >= 4 is 15.7 Å². The summed E-state index contributed by atoms with van der Waals surface area (Å²) in [5.41, 5.74) is -0.0975. The van der Waals surface area contributed by atoms with Gasteiger partial charge in [-0.2, -0.15) is 22.0 Å². The molecule has 10 heteroatoms. The molecule has 1 N–H and O–H groups in total. The number of carbonyl (C=O) groups is 1. The van der Waals surface area contributed by atoms with E-state index in [9.17, 15) is 35.2 Å². The molecule has 0 unspecified atom stereocenters. The molecule has 1 fully saturated rings. The highest BCUT2D eigenvalue weighted by Crippen LogP contribution is 2.37. The van der Waals surface area contributed by atoms with E-state index in [1.54, 1.807) is 0 Å². The summed E-state index contributed by atoms with van der Waals surface area (Å²) in [7, 11) is -4.79. The van der Waals surface area contributed by atoms with Gasteiger partial charge in [0.1, 0.15) is 0 Å². The maximum absolute atomic E-state index is 13.0. The van der Waals surface area contributed by atoms with Gasteiger partial charge in [0, 0.05) is 11.6 Å². The molecule has 1 aliphatic rings. The third-order valence-corrected chi connectivity index (χ3v) is 5.58. The van der Waals surface area contributed by atoms with Gasteiger partial charge in [-0.05, 0) is 37.1 Å². The molecule has 1 aromatic carbocycles. The van der Waals surface area contributed by atoms with Crippen LogP contribution in [0.2, 0.25) is 0 Å². The van der Waals surface area contributed by atoms with Gasteiger partial charge in [0.2, 0.25) is 9.84 Å². The van der Waals surface area contributed by atoms with Crippen LogP contribution in [0.4, 0.5) is 22.0 Å². The molecule has 1 saturated carbocycles. The summed E-state index contributed by atoms with van der Waals surface area (Å²) in [6, 6.07) is 2.59. The normalized spacial score (nSPS) is 22.0. The van der Waals surface area contributed by atoms with Gasteiger partial charge >= 0.3 is 11.9 Å². The first-order valence-corrected chi connectivity index (χ1v) is 9.08. The number of benzene rings is 1. The van der Waals surface area contributed by atoms with Gasteiger partial charge in [0.15, 0.2) is 0 Å². The van der Waals surface area contributed by atoms with E-state index in [0.29, 0.717) is 12.8 Å². The summed E-state index contributed by atoms with van der Waals surface area (Å²) in [5, 5.41) is 2.32. The van der Waals surface area contributed by atoms with Crippen molar-refractivity contribution in [3.8, 4) is 0 Å². The summed E-state index contributed by atoms with van der Waals surface area (Å²) < 4.78 is 86.6. The fraction of sp³-hybridized carbons (Fsp3) is 0.533. The van der Waals surface area contributed by atoms with E-state index in [2.05, 4.69) is 5.32 Å². The highest BCUT2D eigenvalue weighted by atomic mass is 32.2. The Balaban J connectivity index is 2.13. The van der Waals surface area contributed by atoms with Crippen LogP contribution < -0.4 is 5.32 Å². The van der Waals surface area contributed by atoms with E-state index in [-0.39, 0.29) is 18.4 Å². The number of hydrogen-bond donors (Lipinski definition) is 1. The van der Waals surface area contributed by atoms with Crippen LogP contribution >= 0.6 is 0 Å². The number of nitrogens with one attached hydrogen (secondary N) is 1. The second kappa shape index (κ2) is 7.27. The Bertz CT molecular complexity index is 716. The Kier molecular flexibility index (Phi) is 5.70. The van der Waals surface area contributed by atoms with Crippen LogP contribution in [0.25, 0.3) is 0 Å². The molecule has 0 heterocycles. The van der Waals surface area contributed by atoms with Crippen LogP contribution in [0, 0.1) is 5.92 Å². The van der Waals surface area contributed by atoms with Crippen LogP contribution in [0.15, 0.2) is 29.2 Å². The van der Waals surface area contributed by atoms with Crippen molar-refractivity contribution < 1.29 is 35.2 Å². The molecule has 1 aliphatic carbocycles. The number of sulfone groups is 1. The summed E-state index contributed by atoms with van der Waals surface area (Å²) in [6.07, 6.45) is -3.32. The quantitative estimate of drug-likeness (QED) is 0.807. The number of alkyl halides is 5. The predicted molar refractivity (Wildman–Crippen MR) is 78.9 cm³/mol. The van der Waals surface area contributed by atoms with Crippen molar-refractivity contribution in [1.82, 2.24) is 5.32 Å². The van der Waals surface area contributed by atoms with E-state index in [4.69, 9.17) is 0 Å². The fourth-order valence-corrected chi connectivity index (χ4v) is 3.57. The Morgan fingerprint density at radius 1 is 1.08 bits per heavy atom. The second-order valence-electron chi connectivity index (χ2n) is 5.84. The van der Waals surface area contributed by atoms with Gasteiger partial charge in [-0.15, -0.1) is 0 Å². The lowest BCUT2D eigenvalue weighted by Crippen LogP contribution is -2.47. The van der Waals surface area contributed by atoms with Gasteiger partial charge in [-0.3, -0.25) is 4.79 Å². The Labute approximate surface area is 141 Å². The molecule has 4 nitrogen and oxygen atoms in total. The number of amides is 1. The van der Waals surface area contributed by atoms with Gasteiger partial charge < -0.3 is 5.32 Å². The molecule has 2 rings (SSSR count). The zero-order valence-corrected chi connectivity index (χ0v) is 13.7. The maximum atomic E-state index is 13.0. The van der Waals surface area contributed by atoms with Crippen molar-refractivity contribution in [1.29, 1.82) is 0 Å². The van der Waals surface area contributed by atoms with Crippen LogP contribution in [-0.2, 0) is 9.84 Å². The molecular formula is C15H16F5NO3S. The SMILES string of the molecule is O=C(N[C@@H]1CCCC[C@H]1C(F)(F)F)c1ccc(S(=O)(=O)C(F)F)cc1. The number of hydrogen-bond acceptors (Lipinski definition) is 3. The topological polar surface area (TPSA) is 63.2 Å². The molecule has 0 bridgehead atoms. The lowest BCUT2D eigenvalue weighted by molar-refractivity contribution is -0.187. The van der Waals surface area contributed by atoms with Crippen LogP contribution in [-0.4, -0.2) is 32.3 Å². The fourth-order valence-electron chi connectivity index (χ4n) is 2.85. The van der Waals surface area contributed by atoms with Crippen molar-refractivity contribution in [2.45, 2.75) is 48.6 Å². The van der Waals surface area contributed by atoms with Gasteiger partial charge in [0.25, 0.3) is 5.91 Å². The molecule has 0 spiro atoms. The number of rotatable bonds is 4. The molecule has 2 atom stereocenters. The molecule has 25 heavy (non-hydrogen) atoms. The lowest BCUT2D eigenvalue weighted by atomic mass is 9.84. The first-order valence-electron chi connectivity index (χ1n) is 7.53. The molecule has 140 valence electrons. The predicted octanol–water partition coefficient (Wildman–Crippen LogP) is 3.53. The molecule has 0 aromatic heterocycles. The number of halogens is 5. The largest absolute Gasteiger partial charge is 0.393 e. The van der Waals surface area contributed by atoms with E-state index in [1.165, 1.54) is 0 Å². The number of carbonyl (C=O) groups excluding carboxylic acids is 1. The third-order valence-electron chi connectivity index (χ3n) is 4.18. The monoisotopic (exact) mass is 385 g/mol. The third kappa shape index (κ3) is 4.47. The minimum Gasteiger partial charge on any atom is -0.349 e. The van der Waals surface area contributed by atoms with Gasteiger partial charge in [-0.25, -0.2) is 8.42 Å². The van der Waals surface area contributed by atoms with E-state index in [0.717, 1.165) is 24.3 Å². The van der Waals surface area contributed by atoms with Gasteiger partial charge in [0.05, 0.1) is 10.8 Å². The Morgan fingerprint density at radius 3 is 2.16 bits per heavy atom. The summed E-state index contributed by atoms with van der Waals surface area (Å²) >= 11 is 0. The maximum Gasteiger partial charge on any atom is 0.393 e. The van der Waals surface area contributed by atoms with E-state index in [1.807, 2.05) is 0 Å². The Hall–Kier alpha value is -1.71. The zero-order valence-electron chi connectivity index (χ0n) is 12.9. The summed E-state index contributed by atoms with van der Waals surface area (Å²) in [6.45, 7) is 0. The molecule has 0 radical (unpaired) electrons. The molecular weight excluding hydrogens is 369 g/mol. The first kappa shape index (κ1) is 19.6. The average molecular weight is 385 g/mol. The first-order chi connectivity index (χ1) is 11.5. The Morgan fingerprint density at radius 2 is 1.64 bits per heavy atom. The van der Waals surface area contributed by atoms with Crippen molar-refractivity contribution in [3.63, 3.8) is 0 Å². The van der Waals surface area contributed by atoms with E-state index < -0.39 is 44.5 Å². The van der Waals surface area contributed by atoms with Crippen LogP contribution in [0.3, 0.4) is 0 Å². The van der Waals surface area contributed by atoms with Crippen molar-refractivity contribution in [2.24, 2.45) is 5.92 Å². The van der Waals surface area contributed by atoms with Gasteiger partial charge in [-0.1, -0.05) is 12.8 Å². The smallest absolute Gasteiger partial charge is 0.349 e. The molecule has 1 aromatic rings. The van der Waals surface area contributed by atoms with Crippen LogP contribution in [0.1, 0.15) is 36.0 Å². The molecule has 1 amide bonds. The summed E-state index contributed by atoms with van der Waals surface area (Å²) in [5.74, 6) is -6.03. The highest BCUT2D eigenvalue weighted by molar-refractivity contribution is 7.91. The zero-order chi connectivity index (χ0) is 18.8. The van der Waals surface area contributed by atoms with Crippen molar-refractivity contribution in [2.75, 3.05) is 0 Å². The molecule has 0 saturated heterocycles. The highest BCUT2D eigenvalue weighted by Gasteiger charge is 2.46. The summed E-state index contributed by atoms with van der Waals surface area (Å²) in [4.78, 5) is 11.4. The molecule has 0 aliphatic heterocycles. The standard InChI is InChI=1S/C15H16F5NO3S/c16-14(17)25(23,24)10-7-5-9(6-8-10)13(22)21-12-4-2-1-3-11(12)15(18,19)20/h5-8,11-12,14H,1-4H2,(H,21,22)/t11-,12-/m1/s1.